The quantitative estimate of drug-likeness (QED) is 0.631. The Morgan fingerprint density at radius 3 is 2.86 bits per heavy atom. The van der Waals surface area contributed by atoms with Crippen LogP contribution in [0.3, 0.4) is 0 Å². The van der Waals surface area contributed by atoms with Crippen molar-refractivity contribution >= 4 is 11.6 Å². The van der Waals surface area contributed by atoms with Gasteiger partial charge in [0.25, 0.3) is 5.91 Å². The first-order valence-electron chi connectivity index (χ1n) is 6.92. The first-order valence-corrected chi connectivity index (χ1v) is 6.92. The smallest absolute Gasteiger partial charge is 0.311 e. The fourth-order valence-electron chi connectivity index (χ4n) is 2.24. The van der Waals surface area contributed by atoms with E-state index in [0.717, 1.165) is 12.1 Å². The molecule has 1 aliphatic rings. The number of hydrogen-bond acceptors (Lipinski definition) is 5. The van der Waals surface area contributed by atoms with Gasteiger partial charge in [-0.25, -0.2) is 0 Å². The number of nitrogens with one attached hydrogen (secondary N) is 1. The minimum absolute atomic E-state index is 0.104. The Morgan fingerprint density at radius 2 is 2.29 bits per heavy atom. The molecule has 0 bridgehead atoms. The Bertz CT molecular complexity index is 547. The predicted octanol–water partition coefficient (Wildman–Crippen LogP) is 1.31. The van der Waals surface area contributed by atoms with Crippen molar-refractivity contribution in [1.82, 2.24) is 10.2 Å². The second kappa shape index (κ2) is 6.53. The number of rotatable bonds is 6. The summed E-state index contributed by atoms with van der Waals surface area (Å²) in [4.78, 5) is 24.1. The third-order valence-electron chi connectivity index (χ3n) is 3.45. The van der Waals surface area contributed by atoms with Crippen LogP contribution in [0.1, 0.15) is 18.9 Å². The summed E-state index contributed by atoms with van der Waals surface area (Å²) in [5.41, 5.74) is 0.707. The molecule has 1 atom stereocenters. The van der Waals surface area contributed by atoms with Crippen LogP contribution < -0.4 is 10.1 Å². The van der Waals surface area contributed by atoms with E-state index in [1.165, 1.54) is 6.07 Å². The van der Waals surface area contributed by atoms with Gasteiger partial charge in [0, 0.05) is 32.6 Å². The topological polar surface area (TPSA) is 84.7 Å². The van der Waals surface area contributed by atoms with E-state index in [-0.39, 0.29) is 17.3 Å². The second-order valence-corrected chi connectivity index (χ2v) is 4.99. The molecule has 0 saturated carbocycles. The van der Waals surface area contributed by atoms with Crippen molar-refractivity contribution in [2.24, 2.45) is 0 Å². The van der Waals surface area contributed by atoms with Crippen LogP contribution in [-0.2, 0) is 11.3 Å². The number of nitrogens with zero attached hydrogens (tertiary/aromatic N) is 2. The van der Waals surface area contributed by atoms with Crippen LogP contribution in [0, 0.1) is 10.1 Å². The van der Waals surface area contributed by atoms with E-state index >= 15 is 0 Å². The first kappa shape index (κ1) is 15.2. The van der Waals surface area contributed by atoms with Gasteiger partial charge < -0.3 is 15.0 Å². The SMILES string of the molecule is CCNCc1ccc(OC2CCN(C)C2=O)c([N+](=O)[O-])c1. The number of carbonyl (C=O) groups excluding carboxylic acids is 1. The average molecular weight is 293 g/mol. The van der Waals surface area contributed by atoms with Crippen molar-refractivity contribution in [2.45, 2.75) is 26.0 Å². The number of likely N-dealkylation sites (tertiary alicyclic amines) is 1. The first-order chi connectivity index (χ1) is 10.0. The lowest BCUT2D eigenvalue weighted by Gasteiger charge is -2.13. The van der Waals surface area contributed by atoms with Gasteiger partial charge in [-0.1, -0.05) is 13.0 Å². The normalized spacial score (nSPS) is 18.1. The summed E-state index contributed by atoms with van der Waals surface area (Å²) < 4.78 is 5.56. The minimum atomic E-state index is -0.631. The van der Waals surface area contributed by atoms with E-state index in [9.17, 15) is 14.9 Å². The maximum atomic E-state index is 11.8. The van der Waals surface area contributed by atoms with E-state index in [2.05, 4.69) is 5.32 Å². The summed E-state index contributed by atoms with van der Waals surface area (Å²) >= 11 is 0. The van der Waals surface area contributed by atoms with Gasteiger partial charge in [0.15, 0.2) is 11.9 Å². The summed E-state index contributed by atoms with van der Waals surface area (Å²) in [6.45, 7) is 3.92. The molecule has 1 aliphatic heterocycles. The summed E-state index contributed by atoms with van der Waals surface area (Å²) in [6, 6.07) is 4.83. The lowest BCUT2D eigenvalue weighted by Crippen LogP contribution is -2.29. The molecule has 1 aromatic rings. The molecule has 0 aliphatic carbocycles. The highest BCUT2D eigenvalue weighted by Gasteiger charge is 2.32. The molecule has 1 unspecified atom stereocenters. The van der Waals surface area contributed by atoms with E-state index in [1.807, 2.05) is 6.92 Å². The van der Waals surface area contributed by atoms with Gasteiger partial charge in [0.05, 0.1) is 4.92 Å². The molecule has 2 rings (SSSR count). The monoisotopic (exact) mass is 293 g/mol. The van der Waals surface area contributed by atoms with Crippen LogP contribution in [0.5, 0.6) is 5.75 Å². The maximum Gasteiger partial charge on any atom is 0.311 e. The van der Waals surface area contributed by atoms with Crippen LogP contribution in [-0.4, -0.2) is 42.0 Å². The van der Waals surface area contributed by atoms with Gasteiger partial charge in [0.2, 0.25) is 0 Å². The molecule has 0 spiro atoms. The van der Waals surface area contributed by atoms with E-state index in [1.54, 1.807) is 24.1 Å². The molecule has 21 heavy (non-hydrogen) atoms. The summed E-state index contributed by atoms with van der Waals surface area (Å²) in [7, 11) is 1.69. The molecule has 1 fully saturated rings. The van der Waals surface area contributed by atoms with Crippen LogP contribution in [0.25, 0.3) is 0 Å². The Hall–Kier alpha value is -2.15. The van der Waals surface area contributed by atoms with Crippen molar-refractivity contribution in [1.29, 1.82) is 0 Å². The van der Waals surface area contributed by atoms with Gasteiger partial charge in [-0.15, -0.1) is 0 Å². The summed E-state index contributed by atoms with van der Waals surface area (Å²) in [5.74, 6) is 0.00919. The van der Waals surface area contributed by atoms with E-state index < -0.39 is 11.0 Å². The van der Waals surface area contributed by atoms with Crippen LogP contribution in [0.2, 0.25) is 0 Å². The number of hydrogen-bond donors (Lipinski definition) is 1. The summed E-state index contributed by atoms with van der Waals surface area (Å²) in [5, 5.41) is 14.3. The molecule has 1 N–H and O–H groups in total. The van der Waals surface area contributed by atoms with Crippen molar-refractivity contribution < 1.29 is 14.5 Å². The standard InChI is InChI=1S/C14H19N3O4/c1-3-15-9-10-4-5-12(11(8-10)17(19)20)21-13-6-7-16(2)14(13)18/h4-5,8,13,15H,3,6-7,9H2,1-2H3. The highest BCUT2D eigenvalue weighted by molar-refractivity contribution is 5.83. The molecule has 7 nitrogen and oxygen atoms in total. The lowest BCUT2D eigenvalue weighted by molar-refractivity contribution is -0.386. The number of ether oxygens (including phenoxy) is 1. The van der Waals surface area contributed by atoms with Gasteiger partial charge in [-0.05, 0) is 18.2 Å². The van der Waals surface area contributed by atoms with E-state index in [4.69, 9.17) is 4.74 Å². The van der Waals surface area contributed by atoms with Gasteiger partial charge in [-0.2, -0.15) is 0 Å². The molecule has 114 valence electrons. The Labute approximate surface area is 123 Å². The molecular formula is C14H19N3O4. The zero-order valence-corrected chi connectivity index (χ0v) is 12.2. The number of nitro benzene ring substituents is 1. The van der Waals surface area contributed by atoms with Crippen molar-refractivity contribution in [3.05, 3.63) is 33.9 Å². The molecule has 1 aromatic carbocycles. The number of likely N-dealkylation sites (N-methyl/N-ethyl adjacent to an activating group) is 1. The molecular weight excluding hydrogens is 274 g/mol. The largest absolute Gasteiger partial charge is 0.473 e. The molecule has 1 heterocycles. The highest BCUT2D eigenvalue weighted by atomic mass is 16.6. The van der Waals surface area contributed by atoms with Gasteiger partial charge in [0.1, 0.15) is 0 Å². The van der Waals surface area contributed by atoms with Gasteiger partial charge in [-0.3, -0.25) is 14.9 Å². The number of amides is 1. The van der Waals surface area contributed by atoms with Crippen LogP contribution in [0.4, 0.5) is 5.69 Å². The second-order valence-electron chi connectivity index (χ2n) is 4.99. The molecule has 0 radical (unpaired) electrons. The fourth-order valence-corrected chi connectivity index (χ4v) is 2.24. The third kappa shape index (κ3) is 3.49. The Morgan fingerprint density at radius 1 is 1.52 bits per heavy atom. The zero-order valence-electron chi connectivity index (χ0n) is 12.2. The van der Waals surface area contributed by atoms with Crippen molar-refractivity contribution in [3.8, 4) is 5.75 Å². The fraction of sp³-hybridized carbons (Fsp3) is 0.500. The number of carbonyl (C=O) groups is 1. The average Bonchev–Trinajstić information content (AvgIpc) is 2.78. The third-order valence-corrected chi connectivity index (χ3v) is 3.45. The highest BCUT2D eigenvalue weighted by Crippen LogP contribution is 2.30. The maximum absolute atomic E-state index is 11.8. The van der Waals surface area contributed by atoms with Crippen molar-refractivity contribution in [2.75, 3.05) is 20.1 Å². The predicted molar refractivity (Wildman–Crippen MR) is 77.1 cm³/mol. The molecule has 7 heteroatoms. The number of nitro groups is 1. The van der Waals surface area contributed by atoms with Gasteiger partial charge >= 0.3 is 5.69 Å². The van der Waals surface area contributed by atoms with E-state index in [0.29, 0.717) is 19.5 Å². The Kier molecular flexibility index (Phi) is 4.74. The summed E-state index contributed by atoms with van der Waals surface area (Å²) in [6.07, 6.45) is -0.0839. The minimum Gasteiger partial charge on any atom is -0.473 e. The zero-order chi connectivity index (χ0) is 15.4. The molecule has 0 aromatic heterocycles. The van der Waals surface area contributed by atoms with Crippen LogP contribution >= 0.6 is 0 Å². The van der Waals surface area contributed by atoms with Crippen molar-refractivity contribution in [3.63, 3.8) is 0 Å². The van der Waals surface area contributed by atoms with Crippen LogP contribution in [0.15, 0.2) is 18.2 Å². The lowest BCUT2D eigenvalue weighted by atomic mass is 10.2. The Balaban J connectivity index is 2.18. The molecule has 1 amide bonds. The molecule has 1 saturated heterocycles. The number of benzene rings is 1.